The van der Waals surface area contributed by atoms with Crippen LogP contribution in [0.5, 0.6) is 0 Å². The van der Waals surface area contributed by atoms with Crippen LogP contribution >= 0.6 is 15.9 Å². The first-order valence-corrected chi connectivity index (χ1v) is 6.47. The van der Waals surface area contributed by atoms with Gasteiger partial charge in [0.1, 0.15) is 11.6 Å². The number of hydrogen-bond donors (Lipinski definition) is 2. The van der Waals surface area contributed by atoms with E-state index >= 15 is 0 Å². The average Bonchev–Trinajstić information content (AvgIpc) is 2.40. The first kappa shape index (κ1) is 19.0. The van der Waals surface area contributed by atoms with E-state index in [1.165, 1.54) is 0 Å². The molecule has 0 aliphatic heterocycles. The molecule has 11 heteroatoms. The van der Waals surface area contributed by atoms with Gasteiger partial charge in [-0.3, -0.25) is 0 Å². The van der Waals surface area contributed by atoms with Crippen molar-refractivity contribution in [2.45, 2.75) is 12.4 Å². The van der Waals surface area contributed by atoms with Gasteiger partial charge in [0.2, 0.25) is 0 Å². The third-order valence-corrected chi connectivity index (χ3v) is 2.92. The minimum atomic E-state index is -4.39. The summed E-state index contributed by atoms with van der Waals surface area (Å²) in [4.78, 5) is 6.91. The van der Waals surface area contributed by atoms with E-state index < -0.39 is 23.5 Å². The van der Waals surface area contributed by atoms with Crippen LogP contribution in [-0.2, 0) is 12.4 Å². The molecule has 0 fully saturated rings. The van der Waals surface area contributed by atoms with E-state index in [2.05, 4.69) is 25.9 Å². The van der Waals surface area contributed by atoms with Crippen LogP contribution < -0.4 is 11.5 Å². The highest BCUT2D eigenvalue weighted by molar-refractivity contribution is 9.10. The Hall–Kier alpha value is -2.04. The summed E-state index contributed by atoms with van der Waals surface area (Å²) in [6.45, 7) is 0. The standard InChI is InChI=1S/C6H4BrF3N2.C6H5F3N2/c7-4-2-12-5(11)1-3(4)6(8,9)10;7-6(8,9)4-1-2-11-5(10)3-4/h1-2H,(H2,11,12);1-3H,(H2,10,11). The largest absolute Gasteiger partial charge is 0.417 e. The average molecular weight is 403 g/mol. The molecule has 0 aliphatic rings. The molecule has 0 bridgehead atoms. The van der Waals surface area contributed by atoms with Crippen LogP contribution in [0.1, 0.15) is 11.1 Å². The van der Waals surface area contributed by atoms with Crippen molar-refractivity contribution < 1.29 is 26.3 Å². The fourth-order valence-corrected chi connectivity index (χ4v) is 1.74. The third kappa shape index (κ3) is 5.93. The summed E-state index contributed by atoms with van der Waals surface area (Å²) in [6.07, 6.45) is -6.68. The zero-order valence-corrected chi connectivity index (χ0v) is 12.7. The maximum atomic E-state index is 12.1. The fourth-order valence-electron chi connectivity index (χ4n) is 1.30. The van der Waals surface area contributed by atoms with Crippen molar-refractivity contribution in [3.8, 4) is 0 Å². The van der Waals surface area contributed by atoms with Gasteiger partial charge in [-0.2, -0.15) is 26.3 Å². The van der Waals surface area contributed by atoms with Gasteiger partial charge in [-0.25, -0.2) is 9.97 Å². The lowest BCUT2D eigenvalue weighted by molar-refractivity contribution is -0.138. The molecule has 2 heterocycles. The first-order valence-electron chi connectivity index (χ1n) is 5.68. The maximum absolute atomic E-state index is 12.1. The number of nitrogens with zero attached hydrogens (tertiary/aromatic N) is 2. The summed E-state index contributed by atoms with van der Waals surface area (Å²) in [5.74, 6) is -0.273. The van der Waals surface area contributed by atoms with Crippen LogP contribution in [0.15, 0.2) is 35.1 Å². The van der Waals surface area contributed by atoms with Crippen molar-refractivity contribution >= 4 is 27.6 Å². The highest BCUT2D eigenvalue weighted by Gasteiger charge is 2.33. The van der Waals surface area contributed by atoms with Gasteiger partial charge in [0.25, 0.3) is 0 Å². The highest BCUT2D eigenvalue weighted by atomic mass is 79.9. The topological polar surface area (TPSA) is 77.8 Å². The summed E-state index contributed by atoms with van der Waals surface area (Å²) < 4.78 is 71.9. The van der Waals surface area contributed by atoms with Crippen LogP contribution in [0.25, 0.3) is 0 Å². The molecule has 0 radical (unpaired) electrons. The molecular weight excluding hydrogens is 394 g/mol. The minimum absolute atomic E-state index is 0.107. The monoisotopic (exact) mass is 402 g/mol. The molecule has 0 saturated carbocycles. The van der Waals surface area contributed by atoms with Gasteiger partial charge in [0, 0.05) is 16.9 Å². The Morgan fingerprint density at radius 1 is 0.870 bits per heavy atom. The quantitative estimate of drug-likeness (QED) is 0.649. The molecular formula is C12H9BrF6N4. The van der Waals surface area contributed by atoms with Crippen molar-refractivity contribution in [2.75, 3.05) is 11.5 Å². The number of nitrogens with two attached hydrogens (primary N) is 2. The fraction of sp³-hybridized carbons (Fsp3) is 0.167. The van der Waals surface area contributed by atoms with Crippen molar-refractivity contribution in [2.24, 2.45) is 0 Å². The van der Waals surface area contributed by atoms with E-state index in [4.69, 9.17) is 11.5 Å². The number of anilines is 2. The lowest BCUT2D eigenvalue weighted by atomic mass is 10.2. The second-order valence-electron chi connectivity index (χ2n) is 4.05. The zero-order chi connectivity index (χ0) is 17.8. The summed E-state index contributed by atoms with van der Waals surface area (Å²) in [7, 11) is 0. The van der Waals surface area contributed by atoms with Gasteiger partial charge >= 0.3 is 12.4 Å². The highest BCUT2D eigenvalue weighted by Crippen LogP contribution is 2.34. The Balaban J connectivity index is 0.000000231. The zero-order valence-electron chi connectivity index (χ0n) is 11.1. The van der Waals surface area contributed by atoms with Gasteiger partial charge in [-0.15, -0.1) is 0 Å². The number of nitrogen functional groups attached to an aromatic ring is 2. The van der Waals surface area contributed by atoms with Gasteiger partial charge in [-0.1, -0.05) is 0 Å². The van der Waals surface area contributed by atoms with E-state index in [0.29, 0.717) is 0 Å². The molecule has 0 unspecified atom stereocenters. The Labute approximate surface area is 134 Å². The maximum Gasteiger partial charge on any atom is 0.417 e. The Morgan fingerprint density at radius 2 is 1.43 bits per heavy atom. The number of rotatable bonds is 0. The van der Waals surface area contributed by atoms with E-state index in [0.717, 1.165) is 30.6 Å². The number of halogens is 7. The summed E-state index contributed by atoms with van der Waals surface area (Å²) in [5, 5.41) is 0. The van der Waals surface area contributed by atoms with E-state index in [1.807, 2.05) is 0 Å². The second-order valence-corrected chi connectivity index (χ2v) is 4.91. The molecule has 126 valence electrons. The minimum Gasteiger partial charge on any atom is -0.384 e. The summed E-state index contributed by atoms with van der Waals surface area (Å²) in [6, 6.07) is 2.44. The van der Waals surface area contributed by atoms with Crippen LogP contribution in [-0.4, -0.2) is 9.97 Å². The number of aromatic nitrogens is 2. The molecule has 0 saturated heterocycles. The second kappa shape index (κ2) is 7.02. The molecule has 0 atom stereocenters. The molecule has 23 heavy (non-hydrogen) atoms. The van der Waals surface area contributed by atoms with Crippen LogP contribution in [0.2, 0.25) is 0 Å². The molecule has 0 aliphatic carbocycles. The predicted octanol–water partition coefficient (Wildman–Crippen LogP) is 4.13. The molecule has 0 aromatic carbocycles. The molecule has 0 amide bonds. The number of alkyl halides is 6. The SMILES string of the molecule is Nc1cc(C(F)(F)F)c(Br)cn1.Nc1cc(C(F)(F)F)ccn1. The Bertz CT molecular complexity index is 671. The predicted molar refractivity (Wildman–Crippen MR) is 75.0 cm³/mol. The van der Waals surface area contributed by atoms with Crippen LogP contribution in [0.3, 0.4) is 0 Å². The Morgan fingerprint density at radius 3 is 1.83 bits per heavy atom. The van der Waals surface area contributed by atoms with Crippen LogP contribution in [0.4, 0.5) is 38.0 Å². The van der Waals surface area contributed by atoms with Gasteiger partial charge in [0.05, 0.1) is 11.1 Å². The van der Waals surface area contributed by atoms with Crippen molar-refractivity contribution in [1.29, 1.82) is 0 Å². The molecule has 0 spiro atoms. The molecule has 2 aromatic rings. The van der Waals surface area contributed by atoms with Gasteiger partial charge in [-0.05, 0) is 34.1 Å². The smallest absolute Gasteiger partial charge is 0.384 e. The molecule has 4 N–H and O–H groups in total. The van der Waals surface area contributed by atoms with Crippen molar-refractivity contribution in [3.63, 3.8) is 0 Å². The van der Waals surface area contributed by atoms with Gasteiger partial charge in [0.15, 0.2) is 0 Å². The lowest BCUT2D eigenvalue weighted by Gasteiger charge is -2.08. The molecule has 2 rings (SSSR count). The molecule has 4 nitrogen and oxygen atoms in total. The van der Waals surface area contributed by atoms with Gasteiger partial charge < -0.3 is 11.5 Å². The normalized spacial score (nSPS) is 11.6. The van der Waals surface area contributed by atoms with Crippen molar-refractivity contribution in [3.05, 3.63) is 46.2 Å². The Kier molecular flexibility index (Phi) is 5.81. The lowest BCUT2D eigenvalue weighted by Crippen LogP contribution is -2.07. The van der Waals surface area contributed by atoms with Crippen LogP contribution in [0, 0.1) is 0 Å². The number of pyridine rings is 2. The third-order valence-electron chi connectivity index (χ3n) is 2.29. The number of hydrogen-bond acceptors (Lipinski definition) is 4. The first-order chi connectivity index (χ1) is 10.4. The summed E-state index contributed by atoms with van der Waals surface area (Å²) >= 11 is 2.73. The molecule has 2 aromatic heterocycles. The van der Waals surface area contributed by atoms with E-state index in [-0.39, 0.29) is 16.1 Å². The van der Waals surface area contributed by atoms with E-state index in [9.17, 15) is 26.3 Å². The van der Waals surface area contributed by atoms with Crippen molar-refractivity contribution in [1.82, 2.24) is 9.97 Å². The van der Waals surface area contributed by atoms with E-state index in [1.54, 1.807) is 0 Å². The summed E-state index contributed by atoms with van der Waals surface area (Å²) in [5.41, 5.74) is 8.55.